The Hall–Kier alpha value is -3.24. The second-order valence-corrected chi connectivity index (χ2v) is 6.42. The first-order chi connectivity index (χ1) is 13.3. The quantitative estimate of drug-likeness (QED) is 0.554. The fourth-order valence-corrected chi connectivity index (χ4v) is 3.43. The third-order valence-corrected chi connectivity index (χ3v) is 4.70. The molecule has 0 spiro atoms. The summed E-state index contributed by atoms with van der Waals surface area (Å²) in [6, 6.07) is 20.8. The largest absolute Gasteiger partial charge is 0.345 e. The summed E-state index contributed by atoms with van der Waals surface area (Å²) in [5, 5.41) is 0. The summed E-state index contributed by atoms with van der Waals surface area (Å²) in [6.07, 6.45) is 5.66. The lowest BCUT2D eigenvalue weighted by Gasteiger charge is -2.10. The molecule has 3 nitrogen and oxygen atoms in total. The standard InChI is InChI=1S/C23H20FN3/c24-20-8-6-18(7-9-20)21-16-27(15-17-4-2-1-3-5-17)22(14-25)23(21)19-10-12-26-13-11-19/h1-13,16H,14-15,25H2. The lowest BCUT2D eigenvalue weighted by atomic mass is 9.97. The number of benzene rings is 2. The van der Waals surface area contributed by atoms with E-state index in [0.717, 1.165) is 34.5 Å². The predicted molar refractivity (Wildman–Crippen MR) is 106 cm³/mol. The van der Waals surface area contributed by atoms with Crippen molar-refractivity contribution >= 4 is 0 Å². The van der Waals surface area contributed by atoms with Crippen LogP contribution in [0.2, 0.25) is 0 Å². The van der Waals surface area contributed by atoms with Gasteiger partial charge >= 0.3 is 0 Å². The number of hydrogen-bond acceptors (Lipinski definition) is 2. The number of rotatable bonds is 5. The van der Waals surface area contributed by atoms with Crippen LogP contribution in [0.15, 0.2) is 85.3 Å². The maximum absolute atomic E-state index is 13.4. The van der Waals surface area contributed by atoms with Crippen molar-refractivity contribution in [1.29, 1.82) is 0 Å². The first-order valence-electron chi connectivity index (χ1n) is 8.88. The third kappa shape index (κ3) is 3.52. The van der Waals surface area contributed by atoms with Crippen LogP contribution in [0, 0.1) is 5.82 Å². The molecule has 0 atom stereocenters. The van der Waals surface area contributed by atoms with Gasteiger partial charge in [0.2, 0.25) is 0 Å². The van der Waals surface area contributed by atoms with E-state index in [0.29, 0.717) is 6.54 Å². The van der Waals surface area contributed by atoms with Gasteiger partial charge in [-0.15, -0.1) is 0 Å². The summed E-state index contributed by atoms with van der Waals surface area (Å²) < 4.78 is 15.6. The van der Waals surface area contributed by atoms with Crippen molar-refractivity contribution in [3.05, 3.63) is 102 Å². The third-order valence-electron chi connectivity index (χ3n) is 4.70. The van der Waals surface area contributed by atoms with Crippen LogP contribution in [-0.4, -0.2) is 9.55 Å². The zero-order valence-corrected chi connectivity index (χ0v) is 14.8. The second-order valence-electron chi connectivity index (χ2n) is 6.42. The first-order valence-corrected chi connectivity index (χ1v) is 8.88. The summed E-state index contributed by atoms with van der Waals surface area (Å²) in [6.45, 7) is 1.14. The van der Waals surface area contributed by atoms with Crippen LogP contribution < -0.4 is 5.73 Å². The van der Waals surface area contributed by atoms with Gasteiger partial charge in [-0.3, -0.25) is 4.98 Å². The molecule has 0 aliphatic rings. The highest BCUT2D eigenvalue weighted by molar-refractivity contribution is 5.85. The number of nitrogens with two attached hydrogens (primary N) is 1. The smallest absolute Gasteiger partial charge is 0.123 e. The molecule has 0 aliphatic heterocycles. The Bertz CT molecular complexity index is 1020. The minimum absolute atomic E-state index is 0.244. The van der Waals surface area contributed by atoms with E-state index in [9.17, 15) is 4.39 Å². The number of nitrogens with zero attached hydrogens (tertiary/aromatic N) is 2. The molecule has 4 aromatic rings. The molecule has 134 valence electrons. The molecule has 2 N–H and O–H groups in total. The molecule has 0 amide bonds. The van der Waals surface area contributed by atoms with E-state index in [1.165, 1.54) is 17.7 Å². The van der Waals surface area contributed by atoms with Crippen LogP contribution in [0.3, 0.4) is 0 Å². The molecule has 0 bridgehead atoms. The molecular formula is C23H20FN3. The fourth-order valence-electron chi connectivity index (χ4n) is 3.43. The summed E-state index contributed by atoms with van der Waals surface area (Å²) in [5.41, 5.74) is 12.5. The lowest BCUT2D eigenvalue weighted by Crippen LogP contribution is -2.08. The highest BCUT2D eigenvalue weighted by atomic mass is 19.1. The van der Waals surface area contributed by atoms with E-state index in [1.807, 2.05) is 42.5 Å². The average molecular weight is 357 g/mol. The maximum Gasteiger partial charge on any atom is 0.123 e. The first kappa shape index (κ1) is 17.2. The Kier molecular flexibility index (Phi) is 4.81. The number of halogens is 1. The summed E-state index contributed by atoms with van der Waals surface area (Å²) in [4.78, 5) is 4.13. The van der Waals surface area contributed by atoms with Gasteiger partial charge in [-0.1, -0.05) is 42.5 Å². The van der Waals surface area contributed by atoms with E-state index in [-0.39, 0.29) is 5.82 Å². The minimum atomic E-state index is -0.244. The summed E-state index contributed by atoms with van der Waals surface area (Å²) in [7, 11) is 0. The van der Waals surface area contributed by atoms with Crippen molar-refractivity contribution in [2.45, 2.75) is 13.1 Å². The molecule has 0 saturated carbocycles. The Morgan fingerprint density at radius 2 is 1.56 bits per heavy atom. The monoisotopic (exact) mass is 357 g/mol. The van der Waals surface area contributed by atoms with Crippen molar-refractivity contribution in [2.24, 2.45) is 5.73 Å². The Balaban J connectivity index is 1.89. The predicted octanol–water partition coefficient (Wildman–Crippen LogP) is 4.86. The van der Waals surface area contributed by atoms with Crippen LogP contribution in [0.25, 0.3) is 22.3 Å². The molecule has 2 aromatic carbocycles. The van der Waals surface area contributed by atoms with Gasteiger partial charge in [0, 0.05) is 48.5 Å². The summed E-state index contributed by atoms with van der Waals surface area (Å²) in [5.74, 6) is -0.244. The van der Waals surface area contributed by atoms with Crippen molar-refractivity contribution < 1.29 is 4.39 Å². The van der Waals surface area contributed by atoms with Crippen molar-refractivity contribution in [3.8, 4) is 22.3 Å². The highest BCUT2D eigenvalue weighted by Gasteiger charge is 2.18. The number of aromatic nitrogens is 2. The van der Waals surface area contributed by atoms with Crippen LogP contribution in [-0.2, 0) is 13.1 Å². The maximum atomic E-state index is 13.4. The molecule has 2 aromatic heterocycles. The fraction of sp³-hybridized carbons (Fsp3) is 0.0870. The van der Waals surface area contributed by atoms with E-state index < -0.39 is 0 Å². The van der Waals surface area contributed by atoms with Gasteiger partial charge < -0.3 is 10.3 Å². The Morgan fingerprint density at radius 1 is 0.852 bits per heavy atom. The molecule has 0 radical (unpaired) electrons. The van der Waals surface area contributed by atoms with E-state index in [2.05, 4.69) is 27.9 Å². The topological polar surface area (TPSA) is 43.8 Å². The molecule has 27 heavy (non-hydrogen) atoms. The zero-order chi connectivity index (χ0) is 18.6. The molecule has 4 heteroatoms. The van der Waals surface area contributed by atoms with E-state index in [4.69, 9.17) is 5.73 Å². The van der Waals surface area contributed by atoms with Gasteiger partial charge in [-0.25, -0.2) is 4.39 Å². The Labute approximate surface area is 157 Å². The molecular weight excluding hydrogens is 337 g/mol. The van der Waals surface area contributed by atoms with Gasteiger partial charge in [0.05, 0.1) is 0 Å². The van der Waals surface area contributed by atoms with Gasteiger partial charge in [-0.05, 0) is 41.0 Å². The van der Waals surface area contributed by atoms with Crippen molar-refractivity contribution in [1.82, 2.24) is 9.55 Å². The molecule has 0 saturated heterocycles. The highest BCUT2D eigenvalue weighted by Crippen LogP contribution is 2.37. The van der Waals surface area contributed by atoms with Crippen LogP contribution >= 0.6 is 0 Å². The average Bonchev–Trinajstić information content (AvgIpc) is 3.08. The number of pyridine rings is 1. The van der Waals surface area contributed by atoms with Crippen LogP contribution in [0.4, 0.5) is 4.39 Å². The summed E-state index contributed by atoms with van der Waals surface area (Å²) >= 11 is 0. The molecule has 4 rings (SSSR count). The van der Waals surface area contributed by atoms with Crippen LogP contribution in [0.1, 0.15) is 11.3 Å². The molecule has 0 unspecified atom stereocenters. The molecule has 2 heterocycles. The van der Waals surface area contributed by atoms with Crippen molar-refractivity contribution in [3.63, 3.8) is 0 Å². The second kappa shape index (κ2) is 7.56. The SMILES string of the molecule is NCc1c(-c2ccncc2)c(-c2ccc(F)cc2)cn1Cc1ccccc1. The number of hydrogen-bond donors (Lipinski definition) is 1. The molecule has 0 aliphatic carbocycles. The molecule has 0 fully saturated rings. The minimum Gasteiger partial charge on any atom is -0.345 e. The van der Waals surface area contributed by atoms with E-state index >= 15 is 0 Å². The van der Waals surface area contributed by atoms with Gasteiger partial charge in [0.25, 0.3) is 0 Å². The Morgan fingerprint density at radius 3 is 2.22 bits per heavy atom. The van der Waals surface area contributed by atoms with Crippen molar-refractivity contribution in [2.75, 3.05) is 0 Å². The normalized spacial score (nSPS) is 10.9. The van der Waals surface area contributed by atoms with E-state index in [1.54, 1.807) is 12.4 Å². The van der Waals surface area contributed by atoms with Crippen LogP contribution in [0.5, 0.6) is 0 Å². The zero-order valence-electron chi connectivity index (χ0n) is 14.8. The van der Waals surface area contributed by atoms with Gasteiger partial charge in [0.1, 0.15) is 5.82 Å². The van der Waals surface area contributed by atoms with Gasteiger partial charge in [0.15, 0.2) is 0 Å². The van der Waals surface area contributed by atoms with Gasteiger partial charge in [-0.2, -0.15) is 0 Å². The lowest BCUT2D eigenvalue weighted by molar-refractivity contribution is 0.628.